The number of hydrogen-bond acceptors (Lipinski definition) is 7. The zero-order valence-electron chi connectivity index (χ0n) is 10.3. The molecule has 110 valence electrons. The maximum atomic E-state index is 11.6. The molecule has 0 saturated carbocycles. The summed E-state index contributed by atoms with van der Waals surface area (Å²) >= 11 is 0. The summed E-state index contributed by atoms with van der Waals surface area (Å²) in [7, 11) is -3.11. The van der Waals surface area contributed by atoms with Crippen molar-refractivity contribution in [2.75, 3.05) is 19.2 Å². The maximum absolute atomic E-state index is 11.6. The first-order valence-corrected chi connectivity index (χ1v) is 7.03. The van der Waals surface area contributed by atoms with Crippen LogP contribution in [0.15, 0.2) is 11.1 Å². The molecule has 0 saturated heterocycles. The standard InChI is InChI=1S/C8H12N5O6P/c1-18-8(19-3-20(15,16)17)13-2-10-4-5(13)11-7(9)12-6(4)14/h2,8H,3H2,1H3,(H2,15,16,17)(H3,9,11,12,14). The second-order valence-corrected chi connectivity index (χ2v) is 5.37. The Morgan fingerprint density at radius 3 is 2.90 bits per heavy atom. The van der Waals surface area contributed by atoms with E-state index in [-0.39, 0.29) is 17.1 Å². The number of aromatic amines is 1. The third-order valence-corrected chi connectivity index (χ3v) is 2.75. The van der Waals surface area contributed by atoms with Gasteiger partial charge < -0.3 is 25.0 Å². The highest BCUT2D eigenvalue weighted by molar-refractivity contribution is 7.51. The molecule has 1 atom stereocenters. The van der Waals surface area contributed by atoms with Gasteiger partial charge in [0, 0.05) is 7.11 Å². The van der Waals surface area contributed by atoms with Crippen LogP contribution in [0.25, 0.3) is 11.2 Å². The summed E-state index contributed by atoms with van der Waals surface area (Å²) in [5.74, 6) is -0.130. The Balaban J connectivity index is 2.40. The van der Waals surface area contributed by atoms with Crippen molar-refractivity contribution in [2.45, 2.75) is 6.41 Å². The van der Waals surface area contributed by atoms with Gasteiger partial charge in [0.15, 0.2) is 17.5 Å². The highest BCUT2D eigenvalue weighted by atomic mass is 31.2. The number of ether oxygens (including phenoxy) is 2. The van der Waals surface area contributed by atoms with E-state index in [1.54, 1.807) is 0 Å². The van der Waals surface area contributed by atoms with Gasteiger partial charge in [-0.25, -0.2) is 4.98 Å². The third kappa shape index (κ3) is 3.03. The number of nitrogens with one attached hydrogen (secondary N) is 1. The first-order chi connectivity index (χ1) is 9.31. The van der Waals surface area contributed by atoms with Crippen LogP contribution in [0.1, 0.15) is 6.41 Å². The van der Waals surface area contributed by atoms with Crippen LogP contribution in [0.5, 0.6) is 0 Å². The summed E-state index contributed by atoms with van der Waals surface area (Å²) in [6.45, 7) is 0. The van der Waals surface area contributed by atoms with Gasteiger partial charge in [0.25, 0.3) is 5.56 Å². The number of anilines is 1. The molecule has 0 aliphatic rings. The molecule has 11 nitrogen and oxygen atoms in total. The predicted molar refractivity (Wildman–Crippen MR) is 66.6 cm³/mol. The molecule has 0 aliphatic heterocycles. The smallest absolute Gasteiger partial charge is 0.351 e. The zero-order chi connectivity index (χ0) is 14.9. The van der Waals surface area contributed by atoms with Crippen LogP contribution in [0.3, 0.4) is 0 Å². The van der Waals surface area contributed by atoms with E-state index in [1.165, 1.54) is 18.0 Å². The minimum atomic E-state index is -4.36. The first kappa shape index (κ1) is 14.6. The van der Waals surface area contributed by atoms with Crippen molar-refractivity contribution >= 4 is 24.7 Å². The quantitative estimate of drug-likeness (QED) is 0.398. The van der Waals surface area contributed by atoms with E-state index in [4.69, 9.17) is 25.0 Å². The Labute approximate surface area is 111 Å². The first-order valence-electron chi connectivity index (χ1n) is 5.23. The van der Waals surface area contributed by atoms with Crippen LogP contribution < -0.4 is 11.3 Å². The molecule has 0 spiro atoms. The molecule has 12 heteroatoms. The van der Waals surface area contributed by atoms with Gasteiger partial charge in [-0.05, 0) is 0 Å². The summed E-state index contributed by atoms with van der Waals surface area (Å²) in [6, 6.07) is 0. The molecule has 2 rings (SSSR count). The van der Waals surface area contributed by atoms with Crippen LogP contribution in [0, 0.1) is 0 Å². The lowest BCUT2D eigenvalue weighted by Gasteiger charge is -2.17. The van der Waals surface area contributed by atoms with E-state index in [9.17, 15) is 9.36 Å². The molecule has 0 radical (unpaired) electrons. The highest BCUT2D eigenvalue weighted by Gasteiger charge is 2.21. The van der Waals surface area contributed by atoms with Gasteiger partial charge >= 0.3 is 7.60 Å². The van der Waals surface area contributed by atoms with Crippen LogP contribution in [0.2, 0.25) is 0 Å². The zero-order valence-corrected chi connectivity index (χ0v) is 11.1. The van der Waals surface area contributed by atoms with E-state index >= 15 is 0 Å². The molecular formula is C8H12N5O6P. The van der Waals surface area contributed by atoms with Crippen LogP contribution in [0.4, 0.5) is 5.95 Å². The Bertz CT molecular complexity index is 720. The van der Waals surface area contributed by atoms with Crippen molar-refractivity contribution in [3.05, 3.63) is 16.7 Å². The van der Waals surface area contributed by atoms with Gasteiger partial charge in [-0.3, -0.25) is 18.9 Å². The second-order valence-electron chi connectivity index (χ2n) is 3.78. The second kappa shape index (κ2) is 5.31. The fourth-order valence-electron chi connectivity index (χ4n) is 1.52. The lowest BCUT2D eigenvalue weighted by Crippen LogP contribution is -2.17. The lowest BCUT2D eigenvalue weighted by molar-refractivity contribution is -0.162. The van der Waals surface area contributed by atoms with E-state index in [0.717, 1.165) is 0 Å². The third-order valence-electron chi connectivity index (χ3n) is 2.26. The molecule has 20 heavy (non-hydrogen) atoms. The lowest BCUT2D eigenvalue weighted by atomic mass is 10.5. The van der Waals surface area contributed by atoms with Gasteiger partial charge in [-0.2, -0.15) is 4.98 Å². The summed E-state index contributed by atoms with van der Waals surface area (Å²) in [6.07, 6.45) is -0.870. The van der Waals surface area contributed by atoms with E-state index in [0.29, 0.717) is 0 Å². The molecule has 0 bridgehead atoms. The summed E-state index contributed by atoms with van der Waals surface area (Å²) in [4.78, 5) is 39.1. The van der Waals surface area contributed by atoms with Gasteiger partial charge in [-0.15, -0.1) is 0 Å². The molecule has 0 amide bonds. The number of H-pyrrole nitrogens is 1. The Kier molecular flexibility index (Phi) is 3.88. The number of hydrogen-bond donors (Lipinski definition) is 4. The fraction of sp³-hybridized carbons (Fsp3) is 0.375. The predicted octanol–water partition coefficient (Wildman–Crippen LogP) is -1.04. The average Bonchev–Trinajstić information content (AvgIpc) is 2.73. The van der Waals surface area contributed by atoms with E-state index in [2.05, 4.69) is 15.0 Å². The molecule has 0 aromatic carbocycles. The molecule has 2 aromatic heterocycles. The number of fused-ring (bicyclic) bond motifs is 1. The van der Waals surface area contributed by atoms with Crippen molar-refractivity contribution in [3.8, 4) is 0 Å². The molecule has 1 unspecified atom stereocenters. The highest BCUT2D eigenvalue weighted by Crippen LogP contribution is 2.35. The Hall–Kier alpha value is -1.78. The normalized spacial score (nSPS) is 13.8. The van der Waals surface area contributed by atoms with Crippen LogP contribution >= 0.6 is 7.60 Å². The molecule has 0 aliphatic carbocycles. The van der Waals surface area contributed by atoms with Crippen molar-refractivity contribution in [1.82, 2.24) is 19.5 Å². The summed E-state index contributed by atoms with van der Waals surface area (Å²) in [5.41, 5.74) is 4.95. The number of nitrogen functional groups attached to an aromatic ring is 1. The number of rotatable bonds is 5. The number of nitrogens with two attached hydrogens (primary N) is 1. The van der Waals surface area contributed by atoms with Crippen molar-refractivity contribution in [1.29, 1.82) is 0 Å². The van der Waals surface area contributed by atoms with Crippen LogP contribution in [-0.4, -0.2) is 42.8 Å². The Morgan fingerprint density at radius 1 is 1.60 bits per heavy atom. The minimum Gasteiger partial charge on any atom is -0.369 e. The van der Waals surface area contributed by atoms with Crippen molar-refractivity contribution in [2.24, 2.45) is 0 Å². The molecule has 0 fully saturated rings. The number of nitrogens with zero attached hydrogens (tertiary/aromatic N) is 3. The largest absolute Gasteiger partial charge is 0.369 e. The van der Waals surface area contributed by atoms with Crippen molar-refractivity contribution in [3.63, 3.8) is 0 Å². The topological polar surface area (TPSA) is 166 Å². The maximum Gasteiger partial charge on any atom is 0.351 e. The van der Waals surface area contributed by atoms with Crippen LogP contribution in [-0.2, 0) is 14.0 Å². The SMILES string of the molecule is COC(OCP(=O)(O)O)n1cnc2c(=O)[nH]c(N)nc21. The van der Waals surface area contributed by atoms with E-state index in [1.807, 2.05) is 0 Å². The van der Waals surface area contributed by atoms with Gasteiger partial charge in [-0.1, -0.05) is 0 Å². The molecule has 2 aromatic rings. The summed E-state index contributed by atoms with van der Waals surface area (Å²) in [5, 5.41) is 0. The average molecular weight is 305 g/mol. The van der Waals surface area contributed by atoms with Gasteiger partial charge in [0.05, 0.1) is 0 Å². The fourth-order valence-corrected chi connectivity index (χ4v) is 1.84. The number of imidazole rings is 1. The van der Waals surface area contributed by atoms with Gasteiger partial charge in [0.2, 0.25) is 12.4 Å². The van der Waals surface area contributed by atoms with E-state index < -0.39 is 25.9 Å². The van der Waals surface area contributed by atoms with Gasteiger partial charge in [0.1, 0.15) is 6.33 Å². The molecular weight excluding hydrogens is 293 g/mol. The number of aromatic nitrogens is 4. The Morgan fingerprint density at radius 2 is 2.30 bits per heavy atom. The van der Waals surface area contributed by atoms with Crippen molar-refractivity contribution < 1.29 is 23.8 Å². The number of methoxy groups -OCH3 is 1. The monoisotopic (exact) mass is 305 g/mol. The minimum absolute atomic E-state index is 0.000953. The molecule has 5 N–H and O–H groups in total. The summed E-state index contributed by atoms with van der Waals surface area (Å²) < 4.78 is 21.9. The molecule has 2 heterocycles.